The van der Waals surface area contributed by atoms with E-state index in [1.54, 1.807) is 31.4 Å². The number of nitrogens with zero attached hydrogens (tertiary/aromatic N) is 1. The van der Waals surface area contributed by atoms with Gasteiger partial charge in [-0.3, -0.25) is 4.98 Å². The number of para-hydroxylation sites is 1. The molecule has 0 unspecified atom stereocenters. The summed E-state index contributed by atoms with van der Waals surface area (Å²) in [6.45, 7) is 0. The Hall–Kier alpha value is -2.56. The van der Waals surface area contributed by atoms with Crippen molar-refractivity contribution in [1.29, 1.82) is 0 Å². The van der Waals surface area contributed by atoms with Crippen molar-refractivity contribution < 1.29 is 17.9 Å². The van der Waals surface area contributed by atoms with Gasteiger partial charge in [-0.2, -0.15) is 13.2 Å². The second kappa shape index (κ2) is 5.33. The molecule has 0 spiro atoms. The maximum atomic E-state index is 13.1. The van der Waals surface area contributed by atoms with E-state index in [2.05, 4.69) is 4.98 Å². The Morgan fingerprint density at radius 2 is 1.68 bits per heavy atom. The molecule has 0 amide bonds. The minimum Gasteiger partial charge on any atom is -0.497 e. The van der Waals surface area contributed by atoms with Crippen molar-refractivity contribution in [2.75, 3.05) is 7.11 Å². The smallest absolute Gasteiger partial charge is 0.418 e. The molecule has 0 saturated carbocycles. The third-order valence-corrected chi connectivity index (χ3v) is 3.48. The normalized spacial score (nSPS) is 11.6. The minimum atomic E-state index is -4.43. The van der Waals surface area contributed by atoms with Crippen LogP contribution in [0.4, 0.5) is 13.2 Å². The summed E-state index contributed by atoms with van der Waals surface area (Å²) in [7, 11) is 1.56. The van der Waals surface area contributed by atoms with E-state index in [9.17, 15) is 13.2 Å². The monoisotopic (exact) mass is 303 g/mol. The van der Waals surface area contributed by atoms with Crippen molar-refractivity contribution in [3.63, 3.8) is 0 Å². The van der Waals surface area contributed by atoms with Crippen LogP contribution in [-0.2, 0) is 6.18 Å². The van der Waals surface area contributed by atoms with Crippen LogP contribution >= 0.6 is 0 Å². The van der Waals surface area contributed by atoms with E-state index in [4.69, 9.17) is 4.74 Å². The van der Waals surface area contributed by atoms with Gasteiger partial charge in [-0.15, -0.1) is 0 Å². The standard InChI is InChI=1S/C17H12F3NO/c1-22-12-7-5-11(6-8-12)13-9-10-21-16-14(13)3-2-4-15(16)17(18,19)20/h2-10H,1H3. The molecule has 0 fully saturated rings. The highest BCUT2D eigenvalue weighted by Gasteiger charge is 2.33. The van der Waals surface area contributed by atoms with Gasteiger partial charge >= 0.3 is 6.18 Å². The molecule has 0 atom stereocenters. The predicted octanol–water partition coefficient (Wildman–Crippen LogP) is 4.93. The van der Waals surface area contributed by atoms with E-state index in [1.807, 2.05) is 12.1 Å². The number of hydrogen-bond acceptors (Lipinski definition) is 2. The highest BCUT2D eigenvalue weighted by Crippen LogP contribution is 2.37. The molecular formula is C17H12F3NO. The Morgan fingerprint density at radius 3 is 2.32 bits per heavy atom. The predicted molar refractivity (Wildman–Crippen MR) is 78.7 cm³/mol. The topological polar surface area (TPSA) is 22.1 Å². The summed E-state index contributed by atoms with van der Waals surface area (Å²) in [6, 6.07) is 13.0. The Morgan fingerprint density at radius 1 is 0.955 bits per heavy atom. The van der Waals surface area contributed by atoms with Crippen LogP contribution in [-0.4, -0.2) is 12.1 Å². The van der Waals surface area contributed by atoms with Crippen LogP contribution in [0.3, 0.4) is 0 Å². The first-order valence-corrected chi connectivity index (χ1v) is 6.60. The first-order valence-electron chi connectivity index (χ1n) is 6.60. The Balaban J connectivity index is 2.22. The summed E-state index contributed by atoms with van der Waals surface area (Å²) in [6.07, 6.45) is -3.03. The molecule has 0 bridgehead atoms. The Bertz CT molecular complexity index is 810. The Labute approximate surface area is 125 Å². The van der Waals surface area contributed by atoms with Crippen molar-refractivity contribution in [1.82, 2.24) is 4.98 Å². The number of pyridine rings is 1. The zero-order chi connectivity index (χ0) is 15.7. The average molecular weight is 303 g/mol. The zero-order valence-corrected chi connectivity index (χ0v) is 11.7. The molecule has 0 aliphatic carbocycles. The van der Waals surface area contributed by atoms with Crippen LogP contribution in [0.15, 0.2) is 54.7 Å². The van der Waals surface area contributed by atoms with E-state index in [1.165, 1.54) is 12.3 Å². The van der Waals surface area contributed by atoms with Crippen LogP contribution in [0.2, 0.25) is 0 Å². The molecule has 0 N–H and O–H groups in total. The lowest BCUT2D eigenvalue weighted by atomic mass is 9.99. The number of ether oxygens (including phenoxy) is 1. The molecule has 5 heteroatoms. The van der Waals surface area contributed by atoms with E-state index in [0.717, 1.165) is 11.6 Å². The molecule has 2 aromatic carbocycles. The van der Waals surface area contributed by atoms with E-state index in [-0.39, 0.29) is 5.52 Å². The molecule has 0 saturated heterocycles. The van der Waals surface area contributed by atoms with Crippen LogP contribution < -0.4 is 4.74 Å². The van der Waals surface area contributed by atoms with Gasteiger partial charge in [0, 0.05) is 11.6 Å². The third kappa shape index (κ3) is 2.50. The number of hydrogen-bond donors (Lipinski definition) is 0. The van der Waals surface area contributed by atoms with Gasteiger partial charge in [-0.05, 0) is 35.4 Å². The number of halogens is 3. The highest BCUT2D eigenvalue weighted by molar-refractivity contribution is 5.96. The number of alkyl halides is 3. The average Bonchev–Trinajstić information content (AvgIpc) is 2.53. The van der Waals surface area contributed by atoms with Gasteiger partial charge in [-0.1, -0.05) is 24.3 Å². The molecule has 0 aliphatic heterocycles. The summed E-state index contributed by atoms with van der Waals surface area (Å²) in [5.74, 6) is 0.693. The van der Waals surface area contributed by atoms with Crippen LogP contribution in [0.1, 0.15) is 5.56 Å². The molecule has 112 valence electrons. The van der Waals surface area contributed by atoms with Crippen molar-refractivity contribution in [3.8, 4) is 16.9 Å². The van der Waals surface area contributed by atoms with Crippen molar-refractivity contribution in [2.45, 2.75) is 6.18 Å². The summed E-state index contributed by atoms with van der Waals surface area (Å²) in [5, 5.41) is 0.475. The van der Waals surface area contributed by atoms with Gasteiger partial charge in [-0.25, -0.2) is 0 Å². The fourth-order valence-corrected chi connectivity index (χ4v) is 2.43. The maximum absolute atomic E-state index is 13.1. The first kappa shape index (κ1) is 14.4. The first-order chi connectivity index (χ1) is 10.5. The second-order valence-electron chi connectivity index (χ2n) is 4.79. The van der Waals surface area contributed by atoms with Crippen LogP contribution in [0, 0.1) is 0 Å². The molecule has 0 radical (unpaired) electrons. The lowest BCUT2D eigenvalue weighted by Crippen LogP contribution is -2.06. The fourth-order valence-electron chi connectivity index (χ4n) is 2.43. The molecular weight excluding hydrogens is 291 g/mol. The van der Waals surface area contributed by atoms with Gasteiger partial charge in [0.2, 0.25) is 0 Å². The number of aromatic nitrogens is 1. The van der Waals surface area contributed by atoms with Gasteiger partial charge in [0.05, 0.1) is 18.2 Å². The molecule has 1 aromatic heterocycles. The van der Waals surface area contributed by atoms with Gasteiger partial charge < -0.3 is 4.74 Å². The summed E-state index contributed by atoms with van der Waals surface area (Å²) in [5.41, 5.74) is 0.759. The van der Waals surface area contributed by atoms with Crippen LogP contribution in [0.5, 0.6) is 5.75 Å². The zero-order valence-electron chi connectivity index (χ0n) is 11.7. The molecule has 3 aromatic rings. The summed E-state index contributed by atoms with van der Waals surface area (Å²) in [4.78, 5) is 3.92. The Kier molecular flexibility index (Phi) is 3.48. The number of rotatable bonds is 2. The minimum absolute atomic E-state index is 0.0386. The molecule has 22 heavy (non-hydrogen) atoms. The summed E-state index contributed by atoms with van der Waals surface area (Å²) >= 11 is 0. The summed E-state index contributed by atoms with van der Waals surface area (Å²) < 4.78 is 44.4. The fraction of sp³-hybridized carbons (Fsp3) is 0.118. The highest BCUT2D eigenvalue weighted by atomic mass is 19.4. The van der Waals surface area contributed by atoms with Gasteiger partial charge in [0.15, 0.2) is 0 Å². The van der Waals surface area contributed by atoms with Crippen molar-refractivity contribution in [3.05, 3.63) is 60.3 Å². The molecule has 2 nitrogen and oxygen atoms in total. The van der Waals surface area contributed by atoms with E-state index < -0.39 is 11.7 Å². The third-order valence-electron chi connectivity index (χ3n) is 3.48. The SMILES string of the molecule is COc1ccc(-c2ccnc3c(C(F)(F)F)cccc23)cc1. The lowest BCUT2D eigenvalue weighted by molar-refractivity contribution is -0.136. The molecule has 1 heterocycles. The lowest BCUT2D eigenvalue weighted by Gasteiger charge is -2.12. The van der Waals surface area contributed by atoms with Crippen LogP contribution in [0.25, 0.3) is 22.0 Å². The molecule has 3 rings (SSSR count). The van der Waals surface area contributed by atoms with Gasteiger partial charge in [0.25, 0.3) is 0 Å². The largest absolute Gasteiger partial charge is 0.497 e. The number of benzene rings is 2. The quantitative estimate of drug-likeness (QED) is 0.669. The van der Waals surface area contributed by atoms with Gasteiger partial charge in [0.1, 0.15) is 5.75 Å². The van der Waals surface area contributed by atoms with Crippen molar-refractivity contribution in [2.24, 2.45) is 0 Å². The number of fused-ring (bicyclic) bond motifs is 1. The molecule has 0 aliphatic rings. The maximum Gasteiger partial charge on any atom is 0.418 e. The van der Waals surface area contributed by atoms with Crippen molar-refractivity contribution >= 4 is 10.9 Å². The van der Waals surface area contributed by atoms with E-state index >= 15 is 0 Å². The van der Waals surface area contributed by atoms with E-state index in [0.29, 0.717) is 16.7 Å². The second-order valence-corrected chi connectivity index (χ2v) is 4.79. The number of methoxy groups -OCH3 is 1.